The fourth-order valence-corrected chi connectivity index (χ4v) is 3.03. The van der Waals surface area contributed by atoms with Gasteiger partial charge in [0.25, 0.3) is 0 Å². The zero-order valence-electron chi connectivity index (χ0n) is 13.9. The van der Waals surface area contributed by atoms with Crippen LogP contribution in [0.5, 0.6) is 0 Å². The molecule has 1 saturated heterocycles. The van der Waals surface area contributed by atoms with E-state index >= 15 is 0 Å². The van der Waals surface area contributed by atoms with E-state index in [0.29, 0.717) is 13.1 Å². The van der Waals surface area contributed by atoms with E-state index in [4.69, 9.17) is 5.11 Å². The van der Waals surface area contributed by atoms with E-state index in [1.165, 1.54) is 6.42 Å². The van der Waals surface area contributed by atoms with Gasteiger partial charge in [-0.25, -0.2) is 0 Å². The number of nitrogens with one attached hydrogen (secondary N) is 1. The van der Waals surface area contributed by atoms with Crippen molar-refractivity contribution in [1.82, 2.24) is 20.0 Å². The van der Waals surface area contributed by atoms with Crippen LogP contribution >= 0.6 is 0 Å². The van der Waals surface area contributed by atoms with Crippen molar-refractivity contribution in [1.29, 1.82) is 0 Å². The highest BCUT2D eigenvalue weighted by atomic mass is 16.3. The first-order valence-corrected chi connectivity index (χ1v) is 8.20. The second kappa shape index (κ2) is 7.74. The Labute approximate surface area is 132 Å². The molecule has 0 spiro atoms. The molecular weight excluding hydrogens is 280 g/mol. The molecule has 1 fully saturated rings. The lowest BCUT2D eigenvalue weighted by Crippen LogP contribution is -2.46. The third kappa shape index (κ3) is 3.87. The van der Waals surface area contributed by atoms with Gasteiger partial charge in [-0.2, -0.15) is 5.10 Å². The van der Waals surface area contributed by atoms with E-state index in [0.717, 1.165) is 42.9 Å². The molecule has 22 heavy (non-hydrogen) atoms. The van der Waals surface area contributed by atoms with E-state index in [2.05, 4.69) is 10.4 Å². The molecule has 6 nitrogen and oxygen atoms in total. The van der Waals surface area contributed by atoms with Gasteiger partial charge in [0.05, 0.1) is 24.9 Å². The van der Waals surface area contributed by atoms with Crippen LogP contribution < -0.4 is 5.32 Å². The van der Waals surface area contributed by atoms with Gasteiger partial charge in [0, 0.05) is 30.9 Å². The average Bonchev–Trinajstić information content (AvgIpc) is 2.79. The SMILES string of the molecule is Cc1nn(CCO)c(C)c1CN[C@@H](C)C(=O)N1CCCCC1. The van der Waals surface area contributed by atoms with Crippen molar-refractivity contribution in [3.05, 3.63) is 17.0 Å². The van der Waals surface area contributed by atoms with Gasteiger partial charge in [-0.1, -0.05) is 0 Å². The molecule has 0 aliphatic carbocycles. The summed E-state index contributed by atoms with van der Waals surface area (Å²) in [5.74, 6) is 0.192. The van der Waals surface area contributed by atoms with Crippen LogP contribution in [0.2, 0.25) is 0 Å². The summed E-state index contributed by atoms with van der Waals surface area (Å²) >= 11 is 0. The van der Waals surface area contributed by atoms with Crippen molar-refractivity contribution in [3.8, 4) is 0 Å². The minimum absolute atomic E-state index is 0.0820. The Morgan fingerprint density at radius 2 is 2.00 bits per heavy atom. The minimum atomic E-state index is -0.182. The molecule has 2 heterocycles. The molecule has 124 valence electrons. The first-order valence-electron chi connectivity index (χ1n) is 8.20. The van der Waals surface area contributed by atoms with Crippen LogP contribution in [-0.4, -0.2) is 51.4 Å². The van der Waals surface area contributed by atoms with E-state index in [-0.39, 0.29) is 18.6 Å². The van der Waals surface area contributed by atoms with Crippen LogP contribution in [0, 0.1) is 13.8 Å². The van der Waals surface area contributed by atoms with Gasteiger partial charge in [0.2, 0.25) is 5.91 Å². The Morgan fingerprint density at radius 1 is 1.32 bits per heavy atom. The molecule has 2 N–H and O–H groups in total. The fourth-order valence-electron chi connectivity index (χ4n) is 3.03. The summed E-state index contributed by atoms with van der Waals surface area (Å²) in [6.45, 7) is 8.89. The highest BCUT2D eigenvalue weighted by molar-refractivity contribution is 5.81. The Morgan fingerprint density at radius 3 is 2.64 bits per heavy atom. The molecule has 1 aliphatic heterocycles. The second-order valence-electron chi connectivity index (χ2n) is 6.08. The molecule has 1 atom stereocenters. The Hall–Kier alpha value is -1.40. The number of hydrogen-bond donors (Lipinski definition) is 2. The van der Waals surface area contributed by atoms with Crippen LogP contribution in [0.3, 0.4) is 0 Å². The maximum absolute atomic E-state index is 12.4. The molecule has 0 unspecified atom stereocenters. The summed E-state index contributed by atoms with van der Waals surface area (Å²) in [4.78, 5) is 14.4. The van der Waals surface area contributed by atoms with Crippen LogP contribution in [0.4, 0.5) is 0 Å². The van der Waals surface area contributed by atoms with Crippen molar-refractivity contribution in [2.45, 2.75) is 59.2 Å². The van der Waals surface area contributed by atoms with Crippen molar-refractivity contribution < 1.29 is 9.90 Å². The molecule has 1 aromatic rings. The number of hydrogen-bond acceptors (Lipinski definition) is 4. The Kier molecular flexibility index (Phi) is 5.97. The molecular formula is C16H28N4O2. The van der Waals surface area contributed by atoms with E-state index in [1.54, 1.807) is 0 Å². The lowest BCUT2D eigenvalue weighted by Gasteiger charge is -2.29. The molecule has 1 aliphatic rings. The molecule has 6 heteroatoms. The molecule has 2 rings (SSSR count). The standard InChI is InChI=1S/C16H28N4O2/c1-12-15(14(3)20(18-12)9-10-21)11-17-13(2)16(22)19-7-5-4-6-8-19/h13,17,21H,4-11H2,1-3H3/t13-/m0/s1. The monoisotopic (exact) mass is 308 g/mol. The van der Waals surface area contributed by atoms with Gasteiger partial charge in [-0.15, -0.1) is 0 Å². The van der Waals surface area contributed by atoms with E-state index < -0.39 is 0 Å². The minimum Gasteiger partial charge on any atom is -0.394 e. The fraction of sp³-hybridized carbons (Fsp3) is 0.750. The number of rotatable bonds is 6. The number of aliphatic hydroxyl groups excluding tert-OH is 1. The van der Waals surface area contributed by atoms with Crippen molar-refractivity contribution >= 4 is 5.91 Å². The summed E-state index contributed by atoms with van der Waals surface area (Å²) < 4.78 is 1.82. The Bertz CT molecular complexity index is 506. The van der Waals surface area contributed by atoms with Gasteiger partial charge in [0.15, 0.2) is 0 Å². The maximum Gasteiger partial charge on any atom is 0.239 e. The largest absolute Gasteiger partial charge is 0.394 e. The number of amides is 1. The molecule has 0 radical (unpaired) electrons. The number of likely N-dealkylation sites (tertiary alicyclic amines) is 1. The third-order valence-electron chi connectivity index (χ3n) is 4.47. The summed E-state index contributed by atoms with van der Waals surface area (Å²) in [6, 6.07) is -0.182. The topological polar surface area (TPSA) is 70.4 Å². The predicted molar refractivity (Wildman–Crippen MR) is 85.5 cm³/mol. The summed E-state index contributed by atoms with van der Waals surface area (Å²) in [5, 5.41) is 16.8. The van der Waals surface area contributed by atoms with Crippen LogP contribution in [0.15, 0.2) is 0 Å². The lowest BCUT2D eigenvalue weighted by molar-refractivity contribution is -0.133. The van der Waals surface area contributed by atoms with Crippen LogP contribution in [-0.2, 0) is 17.9 Å². The number of aliphatic hydroxyl groups is 1. The number of piperidine rings is 1. The third-order valence-corrected chi connectivity index (χ3v) is 4.47. The first kappa shape index (κ1) is 17.0. The van der Waals surface area contributed by atoms with E-state index in [1.807, 2.05) is 30.4 Å². The van der Waals surface area contributed by atoms with Gasteiger partial charge in [0.1, 0.15) is 0 Å². The lowest BCUT2D eigenvalue weighted by atomic mass is 10.1. The molecule has 1 aromatic heterocycles. The van der Waals surface area contributed by atoms with Crippen molar-refractivity contribution in [2.75, 3.05) is 19.7 Å². The van der Waals surface area contributed by atoms with Gasteiger partial charge in [-0.05, 0) is 40.0 Å². The average molecular weight is 308 g/mol. The van der Waals surface area contributed by atoms with Crippen LogP contribution in [0.1, 0.15) is 43.1 Å². The summed E-state index contributed by atoms with van der Waals surface area (Å²) in [6.07, 6.45) is 3.46. The molecule has 0 aromatic carbocycles. The maximum atomic E-state index is 12.4. The normalized spacial score (nSPS) is 16.8. The van der Waals surface area contributed by atoms with E-state index in [9.17, 15) is 4.79 Å². The molecule has 0 saturated carbocycles. The number of nitrogens with zero attached hydrogens (tertiary/aromatic N) is 3. The van der Waals surface area contributed by atoms with Crippen molar-refractivity contribution in [3.63, 3.8) is 0 Å². The number of carbonyl (C=O) groups excluding carboxylic acids is 1. The smallest absolute Gasteiger partial charge is 0.239 e. The quantitative estimate of drug-likeness (QED) is 0.822. The summed E-state index contributed by atoms with van der Waals surface area (Å²) in [7, 11) is 0. The predicted octanol–water partition coefficient (Wildman–Crippen LogP) is 0.983. The first-order chi connectivity index (χ1) is 10.5. The van der Waals surface area contributed by atoms with Gasteiger partial charge >= 0.3 is 0 Å². The summed E-state index contributed by atoms with van der Waals surface area (Å²) in [5.41, 5.74) is 3.12. The highest BCUT2D eigenvalue weighted by Crippen LogP contribution is 2.14. The molecule has 0 bridgehead atoms. The zero-order valence-corrected chi connectivity index (χ0v) is 13.9. The molecule has 1 amide bonds. The van der Waals surface area contributed by atoms with Crippen molar-refractivity contribution in [2.24, 2.45) is 0 Å². The van der Waals surface area contributed by atoms with Crippen LogP contribution in [0.25, 0.3) is 0 Å². The van der Waals surface area contributed by atoms with Gasteiger partial charge in [-0.3, -0.25) is 9.48 Å². The highest BCUT2D eigenvalue weighted by Gasteiger charge is 2.22. The second-order valence-corrected chi connectivity index (χ2v) is 6.08. The number of aromatic nitrogens is 2. The number of carbonyl (C=O) groups is 1. The zero-order chi connectivity index (χ0) is 16.1. The Balaban J connectivity index is 1.93. The van der Waals surface area contributed by atoms with Gasteiger partial charge < -0.3 is 15.3 Å². The number of aryl methyl sites for hydroxylation is 1.